The highest BCUT2D eigenvalue weighted by Gasteiger charge is 2.14. The van der Waals surface area contributed by atoms with E-state index in [0.717, 1.165) is 30.5 Å². The Morgan fingerprint density at radius 3 is 2.06 bits per heavy atom. The number of carbonyl (C=O) groups is 1. The number of H-pyrrole nitrogens is 1. The molecule has 3 N–H and O–H groups in total. The van der Waals surface area contributed by atoms with Gasteiger partial charge in [-0.15, -0.1) is 0 Å². The van der Waals surface area contributed by atoms with Crippen LogP contribution in [0, 0.1) is 0 Å². The molecule has 1 aromatic rings. The van der Waals surface area contributed by atoms with Gasteiger partial charge in [0.25, 0.3) is 5.91 Å². The summed E-state index contributed by atoms with van der Waals surface area (Å²) in [5.74, 6) is -0.449. The Morgan fingerprint density at radius 2 is 1.72 bits per heavy atom. The molecule has 0 aliphatic rings. The second-order valence-corrected chi connectivity index (χ2v) is 3.70. The molecule has 4 nitrogen and oxygen atoms in total. The Morgan fingerprint density at radius 1 is 1.22 bits per heavy atom. The fourth-order valence-electron chi connectivity index (χ4n) is 1.44. The van der Waals surface area contributed by atoms with Crippen LogP contribution in [0.2, 0.25) is 0 Å². The van der Waals surface area contributed by atoms with Crippen LogP contribution in [0.4, 0.5) is 0 Å². The largest absolute Gasteiger partial charge is 0.364 e. The fraction of sp³-hybridized carbons (Fsp3) is 0.714. The summed E-state index contributed by atoms with van der Waals surface area (Å²) in [4.78, 5) is 10.9. The first-order valence-corrected chi connectivity index (χ1v) is 6.98. The zero-order valence-corrected chi connectivity index (χ0v) is 12.8. The van der Waals surface area contributed by atoms with Gasteiger partial charge in [-0.05, 0) is 12.8 Å². The zero-order valence-electron chi connectivity index (χ0n) is 12.8. The minimum absolute atomic E-state index is 0.394. The van der Waals surface area contributed by atoms with Crippen LogP contribution in [0.1, 0.15) is 76.1 Å². The van der Waals surface area contributed by atoms with E-state index in [0.29, 0.717) is 5.69 Å². The van der Waals surface area contributed by atoms with E-state index in [1.54, 1.807) is 0 Å². The Bertz CT molecular complexity index is 319. The lowest BCUT2D eigenvalue weighted by atomic mass is 10.1. The van der Waals surface area contributed by atoms with Crippen molar-refractivity contribution in [2.24, 2.45) is 5.73 Å². The standard InChI is InChI=1S/C9H15N3O.C3H8.C2H6/c1-3-5-7-6(4-2)8(9(10)13)12-11-7;1-3-2;1-2/h3-5H2,1-2H3,(H2,10,13)(H,11,12);3H2,1-2H3;1-2H3. The number of hydrogen-bond acceptors (Lipinski definition) is 2. The minimum atomic E-state index is -0.449. The predicted molar refractivity (Wildman–Crippen MR) is 77.8 cm³/mol. The summed E-state index contributed by atoms with van der Waals surface area (Å²) in [5, 5.41) is 6.76. The van der Waals surface area contributed by atoms with Crippen molar-refractivity contribution in [2.45, 2.75) is 67.2 Å². The van der Waals surface area contributed by atoms with E-state index >= 15 is 0 Å². The number of nitrogens with two attached hydrogens (primary N) is 1. The van der Waals surface area contributed by atoms with Crippen molar-refractivity contribution in [3.05, 3.63) is 17.0 Å². The molecule has 1 amide bonds. The van der Waals surface area contributed by atoms with E-state index < -0.39 is 5.91 Å². The van der Waals surface area contributed by atoms with Crippen molar-refractivity contribution in [1.82, 2.24) is 10.2 Å². The molecule has 0 atom stereocenters. The molecule has 0 radical (unpaired) electrons. The van der Waals surface area contributed by atoms with Gasteiger partial charge in [-0.25, -0.2) is 0 Å². The van der Waals surface area contributed by atoms with E-state index in [2.05, 4.69) is 31.0 Å². The first-order valence-electron chi connectivity index (χ1n) is 6.98. The van der Waals surface area contributed by atoms with Gasteiger partial charge in [0.1, 0.15) is 0 Å². The van der Waals surface area contributed by atoms with Gasteiger partial charge >= 0.3 is 0 Å². The molecule has 1 rings (SSSR count). The summed E-state index contributed by atoms with van der Waals surface area (Å²) in [7, 11) is 0. The Labute approximate surface area is 111 Å². The number of hydrogen-bond donors (Lipinski definition) is 2. The number of rotatable bonds is 4. The Kier molecular flexibility index (Phi) is 12.8. The molecule has 4 heteroatoms. The maximum absolute atomic E-state index is 10.9. The minimum Gasteiger partial charge on any atom is -0.364 e. The summed E-state index contributed by atoms with van der Waals surface area (Å²) in [6, 6.07) is 0. The van der Waals surface area contributed by atoms with Crippen molar-refractivity contribution in [3.8, 4) is 0 Å². The van der Waals surface area contributed by atoms with E-state index in [1.165, 1.54) is 6.42 Å². The van der Waals surface area contributed by atoms with Crippen LogP contribution in [0.3, 0.4) is 0 Å². The molecule has 0 saturated carbocycles. The predicted octanol–water partition coefficient (Wildman–Crippen LogP) is 3.47. The summed E-state index contributed by atoms with van der Waals surface area (Å²) in [6.45, 7) is 12.3. The average molecular weight is 255 g/mol. The molecule has 0 bridgehead atoms. The van der Waals surface area contributed by atoms with Crippen LogP contribution < -0.4 is 5.73 Å². The summed E-state index contributed by atoms with van der Waals surface area (Å²) < 4.78 is 0. The maximum atomic E-state index is 10.9. The summed E-state index contributed by atoms with van der Waals surface area (Å²) in [6.07, 6.45) is 4.00. The monoisotopic (exact) mass is 255 g/mol. The highest BCUT2D eigenvalue weighted by atomic mass is 16.1. The van der Waals surface area contributed by atoms with Gasteiger partial charge in [0.2, 0.25) is 0 Å². The van der Waals surface area contributed by atoms with Crippen molar-refractivity contribution in [2.75, 3.05) is 0 Å². The molecule has 0 aliphatic carbocycles. The number of aryl methyl sites for hydroxylation is 1. The van der Waals surface area contributed by atoms with Crippen LogP contribution in [0.5, 0.6) is 0 Å². The third-order valence-electron chi connectivity index (χ3n) is 2.04. The third kappa shape index (κ3) is 6.42. The van der Waals surface area contributed by atoms with Gasteiger partial charge in [0, 0.05) is 11.3 Å². The summed E-state index contributed by atoms with van der Waals surface area (Å²) >= 11 is 0. The second-order valence-electron chi connectivity index (χ2n) is 3.70. The lowest BCUT2D eigenvalue weighted by molar-refractivity contribution is 0.0994. The van der Waals surface area contributed by atoms with Gasteiger partial charge < -0.3 is 5.73 Å². The van der Waals surface area contributed by atoms with E-state index in [1.807, 2.05) is 20.8 Å². The number of aromatic nitrogens is 2. The third-order valence-corrected chi connectivity index (χ3v) is 2.04. The smallest absolute Gasteiger partial charge is 0.269 e. The van der Waals surface area contributed by atoms with Gasteiger partial charge in [0.05, 0.1) is 0 Å². The molecule has 1 aromatic heterocycles. The molecule has 0 saturated heterocycles. The maximum Gasteiger partial charge on any atom is 0.269 e. The van der Waals surface area contributed by atoms with Crippen molar-refractivity contribution in [3.63, 3.8) is 0 Å². The quantitative estimate of drug-likeness (QED) is 0.864. The van der Waals surface area contributed by atoms with Crippen molar-refractivity contribution in [1.29, 1.82) is 0 Å². The van der Waals surface area contributed by atoms with Gasteiger partial charge in [-0.2, -0.15) is 5.10 Å². The summed E-state index contributed by atoms with van der Waals surface area (Å²) in [5.41, 5.74) is 7.58. The van der Waals surface area contributed by atoms with E-state index in [9.17, 15) is 4.79 Å². The van der Waals surface area contributed by atoms with E-state index in [4.69, 9.17) is 5.73 Å². The van der Waals surface area contributed by atoms with Crippen LogP contribution in [0.15, 0.2) is 0 Å². The first kappa shape index (κ1) is 19.0. The molecule has 106 valence electrons. The zero-order chi connectivity index (χ0) is 14.6. The normalized spacial score (nSPS) is 8.78. The van der Waals surface area contributed by atoms with Crippen molar-refractivity contribution >= 4 is 5.91 Å². The van der Waals surface area contributed by atoms with Crippen LogP contribution in [-0.4, -0.2) is 16.1 Å². The molecule has 0 fully saturated rings. The lowest BCUT2D eigenvalue weighted by Gasteiger charge is -1.98. The van der Waals surface area contributed by atoms with Crippen LogP contribution >= 0.6 is 0 Å². The van der Waals surface area contributed by atoms with E-state index in [-0.39, 0.29) is 0 Å². The lowest BCUT2D eigenvalue weighted by Crippen LogP contribution is -2.13. The number of primary amides is 1. The Hall–Kier alpha value is -1.32. The van der Waals surface area contributed by atoms with Crippen molar-refractivity contribution < 1.29 is 4.79 Å². The number of aromatic amines is 1. The number of amides is 1. The molecule has 0 aliphatic heterocycles. The van der Waals surface area contributed by atoms with Gasteiger partial charge in [-0.3, -0.25) is 9.89 Å². The number of nitrogens with one attached hydrogen (secondary N) is 1. The molecule has 0 unspecified atom stereocenters. The fourth-order valence-corrected chi connectivity index (χ4v) is 1.44. The van der Waals surface area contributed by atoms with Gasteiger partial charge in [0.15, 0.2) is 5.69 Å². The molecule has 0 spiro atoms. The molecular formula is C14H29N3O. The second kappa shape index (κ2) is 12.1. The van der Waals surface area contributed by atoms with Crippen LogP contribution in [0.25, 0.3) is 0 Å². The molecule has 1 heterocycles. The highest BCUT2D eigenvalue weighted by molar-refractivity contribution is 5.92. The van der Waals surface area contributed by atoms with Crippen LogP contribution in [-0.2, 0) is 12.8 Å². The average Bonchev–Trinajstić information content (AvgIpc) is 2.76. The SMILES string of the molecule is CC.CCC.CCCc1[nH]nc(C(N)=O)c1CC. The highest BCUT2D eigenvalue weighted by Crippen LogP contribution is 2.13. The molecular weight excluding hydrogens is 226 g/mol. The molecule has 0 aromatic carbocycles. The van der Waals surface area contributed by atoms with Gasteiger partial charge in [-0.1, -0.05) is 54.4 Å². The first-order chi connectivity index (χ1) is 8.62. The number of nitrogens with zero attached hydrogens (tertiary/aromatic N) is 1. The number of carbonyl (C=O) groups excluding carboxylic acids is 1. The topological polar surface area (TPSA) is 71.8 Å². The molecule has 18 heavy (non-hydrogen) atoms. The Balaban J connectivity index is 0.